The van der Waals surface area contributed by atoms with Crippen molar-refractivity contribution in [1.82, 2.24) is 19.7 Å². The van der Waals surface area contributed by atoms with E-state index >= 15 is 0 Å². The Bertz CT molecular complexity index is 1200. The van der Waals surface area contributed by atoms with Crippen LogP contribution in [0.5, 0.6) is 5.75 Å². The minimum atomic E-state index is -4.66. The first-order valence-electron chi connectivity index (χ1n) is 10.1. The number of carbonyl (C=O) groups excluding carboxylic acids is 1. The summed E-state index contributed by atoms with van der Waals surface area (Å²) in [7, 11) is 1.40. The van der Waals surface area contributed by atoms with Gasteiger partial charge in [0.2, 0.25) is 0 Å². The number of benzene rings is 1. The SMILES string of the molecule is COc1cc2nn(C3CCN(C(=O)O)CC3)cc2cc1NC(=O)c1cccc(C(F)(F)F)n1. The maximum Gasteiger partial charge on any atom is 0.433 e. The molecule has 2 N–H and O–H groups in total. The molecule has 0 unspecified atom stereocenters. The van der Waals surface area contributed by atoms with E-state index in [9.17, 15) is 22.8 Å². The lowest BCUT2D eigenvalue weighted by molar-refractivity contribution is -0.141. The first-order chi connectivity index (χ1) is 15.7. The Morgan fingerprint density at radius 2 is 1.94 bits per heavy atom. The summed E-state index contributed by atoms with van der Waals surface area (Å²) in [6, 6.07) is 6.36. The summed E-state index contributed by atoms with van der Waals surface area (Å²) in [5.74, 6) is -0.527. The molecule has 0 spiro atoms. The molecule has 4 rings (SSSR count). The zero-order valence-corrected chi connectivity index (χ0v) is 17.5. The lowest BCUT2D eigenvalue weighted by Gasteiger charge is -2.29. The van der Waals surface area contributed by atoms with Crippen LogP contribution in [0.15, 0.2) is 36.5 Å². The van der Waals surface area contributed by atoms with E-state index < -0.39 is 23.9 Å². The van der Waals surface area contributed by atoms with Gasteiger partial charge in [-0.25, -0.2) is 9.78 Å². The molecule has 0 atom stereocenters. The first kappa shape index (κ1) is 22.4. The monoisotopic (exact) mass is 463 g/mol. The smallest absolute Gasteiger partial charge is 0.433 e. The van der Waals surface area contributed by atoms with Gasteiger partial charge in [0.05, 0.1) is 24.4 Å². The zero-order chi connectivity index (χ0) is 23.8. The summed E-state index contributed by atoms with van der Waals surface area (Å²) < 4.78 is 45.8. The van der Waals surface area contributed by atoms with Crippen molar-refractivity contribution < 1.29 is 32.6 Å². The molecule has 33 heavy (non-hydrogen) atoms. The van der Waals surface area contributed by atoms with Gasteiger partial charge < -0.3 is 20.1 Å². The molecule has 0 aliphatic carbocycles. The standard InChI is InChI=1S/C21H20F3N5O4/c1-33-17-10-15-12(11-29(27-15)13-5-7-28(8-6-13)20(31)32)9-16(17)26-19(30)14-3-2-4-18(25-14)21(22,23)24/h2-4,9-11,13H,5-8H2,1H3,(H,26,30)(H,31,32). The Morgan fingerprint density at radius 3 is 2.58 bits per heavy atom. The van der Waals surface area contributed by atoms with Gasteiger partial charge in [0, 0.05) is 30.7 Å². The number of hydrogen-bond donors (Lipinski definition) is 2. The highest BCUT2D eigenvalue weighted by Crippen LogP contribution is 2.32. The van der Waals surface area contributed by atoms with E-state index in [0.29, 0.717) is 36.8 Å². The number of pyridine rings is 1. The molecule has 2 amide bonds. The van der Waals surface area contributed by atoms with E-state index in [1.165, 1.54) is 18.1 Å². The number of amides is 2. The molecule has 3 aromatic rings. The summed E-state index contributed by atoms with van der Waals surface area (Å²) in [6.45, 7) is 0.815. The van der Waals surface area contributed by atoms with Gasteiger partial charge >= 0.3 is 12.3 Å². The third-order valence-electron chi connectivity index (χ3n) is 5.47. The second-order valence-electron chi connectivity index (χ2n) is 7.58. The molecule has 1 saturated heterocycles. The van der Waals surface area contributed by atoms with Gasteiger partial charge in [0.1, 0.15) is 17.1 Å². The number of likely N-dealkylation sites (tertiary alicyclic amines) is 1. The molecule has 0 bridgehead atoms. The van der Waals surface area contributed by atoms with Crippen molar-refractivity contribution in [3.63, 3.8) is 0 Å². The average molecular weight is 463 g/mol. The molecular formula is C21H20F3N5O4. The summed E-state index contributed by atoms with van der Waals surface area (Å²) in [4.78, 5) is 28.4. The average Bonchev–Trinajstić information content (AvgIpc) is 3.21. The topological polar surface area (TPSA) is 110 Å². The third kappa shape index (κ3) is 4.69. The quantitative estimate of drug-likeness (QED) is 0.605. The lowest BCUT2D eigenvalue weighted by Crippen LogP contribution is -2.38. The summed E-state index contributed by atoms with van der Waals surface area (Å²) in [5.41, 5.74) is -0.683. The van der Waals surface area contributed by atoms with E-state index in [4.69, 9.17) is 9.84 Å². The predicted molar refractivity (Wildman–Crippen MR) is 111 cm³/mol. The molecule has 9 nitrogen and oxygen atoms in total. The number of piperidine rings is 1. The first-order valence-corrected chi connectivity index (χ1v) is 10.1. The number of hydrogen-bond acceptors (Lipinski definition) is 5. The van der Waals surface area contributed by atoms with Gasteiger partial charge in [0.15, 0.2) is 0 Å². The van der Waals surface area contributed by atoms with Gasteiger partial charge in [-0.2, -0.15) is 18.3 Å². The summed E-state index contributed by atoms with van der Waals surface area (Å²) in [6.07, 6.45) is -2.60. The van der Waals surface area contributed by atoms with Gasteiger partial charge in [-0.05, 0) is 31.0 Å². The highest BCUT2D eigenvalue weighted by molar-refractivity contribution is 6.05. The minimum Gasteiger partial charge on any atom is -0.494 e. The molecule has 1 aliphatic rings. The maximum absolute atomic E-state index is 12.9. The summed E-state index contributed by atoms with van der Waals surface area (Å²) >= 11 is 0. The van der Waals surface area contributed by atoms with Gasteiger partial charge in [-0.3, -0.25) is 9.48 Å². The number of aromatic nitrogens is 3. The Kier molecular flexibility index (Phi) is 5.83. The molecule has 0 radical (unpaired) electrons. The number of carboxylic acid groups (broad SMARTS) is 1. The zero-order valence-electron chi connectivity index (χ0n) is 17.5. The minimum absolute atomic E-state index is 0.0198. The van der Waals surface area contributed by atoms with E-state index in [1.54, 1.807) is 23.0 Å². The Balaban J connectivity index is 1.57. The number of anilines is 1. The molecule has 12 heteroatoms. The fourth-order valence-electron chi connectivity index (χ4n) is 3.75. The largest absolute Gasteiger partial charge is 0.494 e. The van der Waals surface area contributed by atoms with Crippen LogP contribution in [-0.4, -0.2) is 57.0 Å². The van der Waals surface area contributed by atoms with Crippen LogP contribution in [0, 0.1) is 0 Å². The van der Waals surface area contributed by atoms with Crippen molar-refractivity contribution in [3.8, 4) is 5.75 Å². The van der Waals surface area contributed by atoms with Crippen molar-refractivity contribution >= 4 is 28.6 Å². The fraction of sp³-hybridized carbons (Fsp3) is 0.333. The highest BCUT2D eigenvalue weighted by Gasteiger charge is 2.33. The van der Waals surface area contributed by atoms with Crippen molar-refractivity contribution in [1.29, 1.82) is 0 Å². The van der Waals surface area contributed by atoms with E-state index in [2.05, 4.69) is 15.4 Å². The number of alkyl halides is 3. The predicted octanol–water partition coefficient (Wildman–Crippen LogP) is 4.03. The third-order valence-corrected chi connectivity index (χ3v) is 5.47. The van der Waals surface area contributed by atoms with Crippen LogP contribution in [0.25, 0.3) is 10.9 Å². The van der Waals surface area contributed by atoms with Crippen molar-refractivity contribution in [3.05, 3.63) is 47.9 Å². The number of ether oxygens (including phenoxy) is 1. The van der Waals surface area contributed by atoms with Gasteiger partial charge in [-0.1, -0.05) is 6.07 Å². The Morgan fingerprint density at radius 1 is 1.21 bits per heavy atom. The van der Waals surface area contributed by atoms with Crippen LogP contribution in [0.3, 0.4) is 0 Å². The summed E-state index contributed by atoms with van der Waals surface area (Å²) in [5, 5.41) is 16.9. The molecule has 1 fully saturated rings. The number of fused-ring (bicyclic) bond motifs is 1. The van der Waals surface area contributed by atoms with Crippen LogP contribution in [-0.2, 0) is 6.18 Å². The molecule has 3 heterocycles. The molecule has 0 saturated carbocycles. The highest BCUT2D eigenvalue weighted by atomic mass is 19.4. The number of rotatable bonds is 4. The Hall–Kier alpha value is -3.83. The number of nitrogens with zero attached hydrogens (tertiary/aromatic N) is 4. The van der Waals surface area contributed by atoms with E-state index in [1.807, 2.05) is 0 Å². The van der Waals surface area contributed by atoms with Gasteiger partial charge in [-0.15, -0.1) is 0 Å². The molecule has 2 aromatic heterocycles. The lowest BCUT2D eigenvalue weighted by atomic mass is 10.1. The molecule has 174 valence electrons. The molecular weight excluding hydrogens is 443 g/mol. The number of halogens is 3. The maximum atomic E-state index is 12.9. The van der Waals surface area contributed by atoms with Crippen molar-refractivity contribution in [2.24, 2.45) is 0 Å². The second kappa shape index (κ2) is 8.60. The van der Waals surface area contributed by atoms with Crippen molar-refractivity contribution in [2.75, 3.05) is 25.5 Å². The van der Waals surface area contributed by atoms with E-state index in [-0.39, 0.29) is 23.2 Å². The van der Waals surface area contributed by atoms with Crippen LogP contribution in [0.1, 0.15) is 35.1 Å². The molecule has 1 aliphatic heterocycles. The number of nitrogens with one attached hydrogen (secondary N) is 1. The van der Waals surface area contributed by atoms with Crippen LogP contribution in [0.2, 0.25) is 0 Å². The number of carbonyl (C=O) groups is 2. The normalized spacial score (nSPS) is 15.0. The fourth-order valence-corrected chi connectivity index (χ4v) is 3.75. The number of methoxy groups -OCH3 is 1. The van der Waals surface area contributed by atoms with Crippen molar-refractivity contribution in [2.45, 2.75) is 25.1 Å². The Labute approximate surface area is 185 Å². The molecule has 1 aromatic carbocycles. The van der Waals surface area contributed by atoms with Crippen LogP contribution in [0.4, 0.5) is 23.7 Å². The van der Waals surface area contributed by atoms with E-state index in [0.717, 1.165) is 12.1 Å². The second-order valence-corrected chi connectivity index (χ2v) is 7.58. The van der Waals surface area contributed by atoms with Gasteiger partial charge in [0.25, 0.3) is 5.91 Å². The van der Waals surface area contributed by atoms with Crippen LogP contribution >= 0.6 is 0 Å². The van der Waals surface area contributed by atoms with Crippen LogP contribution < -0.4 is 10.1 Å².